The topological polar surface area (TPSA) is 29.5 Å². The molecule has 0 radical (unpaired) electrons. The van der Waals surface area contributed by atoms with E-state index in [0.29, 0.717) is 5.92 Å². The van der Waals surface area contributed by atoms with Crippen LogP contribution in [-0.4, -0.2) is 30.5 Å². The molecule has 120 valence electrons. The summed E-state index contributed by atoms with van der Waals surface area (Å²) in [6.45, 7) is 4.01. The van der Waals surface area contributed by atoms with Gasteiger partial charge < -0.3 is 9.64 Å². The van der Waals surface area contributed by atoms with Crippen LogP contribution in [-0.2, 0) is 4.79 Å². The van der Waals surface area contributed by atoms with Gasteiger partial charge in [-0.05, 0) is 30.4 Å². The Balaban J connectivity index is 1.68. The highest BCUT2D eigenvalue weighted by atomic mass is 16.5. The number of piperidine rings is 1. The van der Waals surface area contributed by atoms with E-state index in [-0.39, 0.29) is 12.5 Å². The Kier molecular flexibility index (Phi) is 4.96. The molecule has 0 N–H and O–H groups in total. The first-order chi connectivity index (χ1) is 11.2. The zero-order chi connectivity index (χ0) is 16.1. The Morgan fingerprint density at radius 2 is 1.87 bits per heavy atom. The molecule has 1 saturated heterocycles. The van der Waals surface area contributed by atoms with E-state index < -0.39 is 0 Å². The molecule has 2 aromatic rings. The average molecular weight is 309 g/mol. The van der Waals surface area contributed by atoms with Crippen molar-refractivity contribution >= 4 is 5.91 Å². The lowest BCUT2D eigenvalue weighted by molar-refractivity contribution is -0.135. The largest absolute Gasteiger partial charge is 0.483 e. The van der Waals surface area contributed by atoms with Crippen molar-refractivity contribution in [3.63, 3.8) is 0 Å². The molecule has 0 saturated carbocycles. The monoisotopic (exact) mass is 309 g/mol. The molecule has 1 amide bonds. The molecule has 0 spiro atoms. The van der Waals surface area contributed by atoms with Crippen LogP contribution in [0, 0.1) is 5.92 Å². The maximum absolute atomic E-state index is 12.4. The molecule has 0 aromatic heterocycles. The van der Waals surface area contributed by atoms with Gasteiger partial charge in [-0.25, -0.2) is 0 Å². The number of nitrogens with zero attached hydrogens (tertiary/aromatic N) is 1. The lowest BCUT2D eigenvalue weighted by atomic mass is 10.0. The van der Waals surface area contributed by atoms with Gasteiger partial charge in [-0.3, -0.25) is 4.79 Å². The van der Waals surface area contributed by atoms with Gasteiger partial charge in [0.15, 0.2) is 6.61 Å². The van der Waals surface area contributed by atoms with E-state index in [2.05, 4.69) is 19.1 Å². The van der Waals surface area contributed by atoms with Crippen LogP contribution in [0.3, 0.4) is 0 Å². The molecule has 1 aliphatic rings. The molecule has 1 unspecified atom stereocenters. The Morgan fingerprint density at radius 1 is 1.13 bits per heavy atom. The van der Waals surface area contributed by atoms with Gasteiger partial charge in [-0.15, -0.1) is 0 Å². The van der Waals surface area contributed by atoms with Crippen molar-refractivity contribution in [1.82, 2.24) is 4.90 Å². The van der Waals surface area contributed by atoms with Crippen molar-refractivity contribution < 1.29 is 9.53 Å². The number of rotatable bonds is 4. The maximum Gasteiger partial charge on any atom is 0.260 e. The van der Waals surface area contributed by atoms with Crippen LogP contribution < -0.4 is 4.74 Å². The van der Waals surface area contributed by atoms with Gasteiger partial charge in [-0.1, -0.05) is 55.5 Å². The minimum atomic E-state index is 0.0828. The number of carbonyl (C=O) groups is 1. The molecule has 1 atom stereocenters. The Labute approximate surface area is 137 Å². The third-order valence-electron chi connectivity index (χ3n) is 4.33. The average Bonchev–Trinajstić information content (AvgIpc) is 2.60. The fraction of sp³-hybridized carbons (Fsp3) is 0.350. The lowest BCUT2D eigenvalue weighted by Gasteiger charge is -2.30. The van der Waals surface area contributed by atoms with Crippen LogP contribution in [0.1, 0.15) is 19.8 Å². The van der Waals surface area contributed by atoms with Crippen LogP contribution in [0.2, 0.25) is 0 Å². The third-order valence-corrected chi connectivity index (χ3v) is 4.33. The zero-order valence-electron chi connectivity index (χ0n) is 13.6. The molecular formula is C20H23NO2. The molecule has 3 heteroatoms. The number of para-hydroxylation sites is 1. The van der Waals surface area contributed by atoms with Crippen molar-refractivity contribution in [2.24, 2.45) is 5.92 Å². The molecule has 23 heavy (non-hydrogen) atoms. The van der Waals surface area contributed by atoms with Crippen molar-refractivity contribution in [2.75, 3.05) is 19.7 Å². The maximum atomic E-state index is 12.4. The normalized spacial score (nSPS) is 17.8. The number of benzene rings is 2. The predicted molar refractivity (Wildman–Crippen MR) is 92.4 cm³/mol. The summed E-state index contributed by atoms with van der Waals surface area (Å²) in [6.07, 6.45) is 2.30. The van der Waals surface area contributed by atoms with Crippen molar-refractivity contribution in [2.45, 2.75) is 19.8 Å². The van der Waals surface area contributed by atoms with E-state index in [9.17, 15) is 4.79 Å². The van der Waals surface area contributed by atoms with E-state index in [4.69, 9.17) is 4.74 Å². The smallest absolute Gasteiger partial charge is 0.260 e. The van der Waals surface area contributed by atoms with Crippen LogP contribution in [0.15, 0.2) is 54.6 Å². The number of hydrogen-bond acceptors (Lipinski definition) is 2. The first-order valence-corrected chi connectivity index (χ1v) is 8.29. The molecule has 1 aliphatic heterocycles. The molecule has 1 fully saturated rings. The fourth-order valence-corrected chi connectivity index (χ4v) is 3.10. The van der Waals surface area contributed by atoms with Gasteiger partial charge in [-0.2, -0.15) is 0 Å². The number of carbonyl (C=O) groups excluding carboxylic acids is 1. The summed E-state index contributed by atoms with van der Waals surface area (Å²) >= 11 is 0. The summed E-state index contributed by atoms with van der Waals surface area (Å²) in [7, 11) is 0. The van der Waals surface area contributed by atoms with Gasteiger partial charge >= 0.3 is 0 Å². The minimum Gasteiger partial charge on any atom is -0.483 e. The summed E-state index contributed by atoms with van der Waals surface area (Å²) in [5.74, 6) is 1.43. The highest BCUT2D eigenvalue weighted by Crippen LogP contribution is 2.29. The van der Waals surface area contributed by atoms with Crippen LogP contribution >= 0.6 is 0 Å². The highest BCUT2D eigenvalue weighted by molar-refractivity contribution is 5.78. The number of likely N-dealkylation sites (tertiary alicyclic amines) is 1. The SMILES string of the molecule is CC1CCCN(C(=O)COc2ccccc2-c2ccccc2)C1. The molecule has 0 bridgehead atoms. The van der Waals surface area contributed by atoms with Crippen LogP contribution in [0.25, 0.3) is 11.1 Å². The molecule has 1 heterocycles. The van der Waals surface area contributed by atoms with Gasteiger partial charge in [0.05, 0.1) is 0 Å². The predicted octanol–water partition coefficient (Wildman–Crippen LogP) is 3.99. The molecule has 2 aromatic carbocycles. The zero-order valence-corrected chi connectivity index (χ0v) is 13.6. The Bertz CT molecular complexity index is 654. The van der Waals surface area contributed by atoms with Crippen molar-refractivity contribution in [3.8, 4) is 16.9 Å². The summed E-state index contributed by atoms with van der Waals surface area (Å²) < 4.78 is 5.85. The number of amides is 1. The number of hydrogen-bond donors (Lipinski definition) is 0. The van der Waals surface area contributed by atoms with Crippen molar-refractivity contribution in [3.05, 3.63) is 54.6 Å². The second-order valence-corrected chi connectivity index (χ2v) is 6.24. The van der Waals surface area contributed by atoms with Crippen molar-refractivity contribution in [1.29, 1.82) is 0 Å². The second kappa shape index (κ2) is 7.32. The third kappa shape index (κ3) is 3.92. The first-order valence-electron chi connectivity index (χ1n) is 8.29. The summed E-state index contributed by atoms with van der Waals surface area (Å²) in [5.41, 5.74) is 2.12. The summed E-state index contributed by atoms with van der Waals surface area (Å²) in [5, 5.41) is 0. The molecule has 3 rings (SSSR count). The highest BCUT2D eigenvalue weighted by Gasteiger charge is 2.21. The van der Waals surface area contributed by atoms with Crippen LogP contribution in [0.5, 0.6) is 5.75 Å². The second-order valence-electron chi connectivity index (χ2n) is 6.24. The Hall–Kier alpha value is -2.29. The number of ether oxygens (including phenoxy) is 1. The minimum absolute atomic E-state index is 0.0828. The van der Waals surface area contributed by atoms with Crippen LogP contribution in [0.4, 0.5) is 0 Å². The van der Waals surface area contributed by atoms with E-state index in [1.165, 1.54) is 6.42 Å². The lowest BCUT2D eigenvalue weighted by Crippen LogP contribution is -2.41. The van der Waals surface area contributed by atoms with E-state index in [1.54, 1.807) is 0 Å². The standard InChI is InChI=1S/C20H23NO2/c1-16-8-7-13-21(14-16)20(22)15-23-19-12-6-5-11-18(19)17-9-3-2-4-10-17/h2-6,9-12,16H,7-8,13-15H2,1H3. The Morgan fingerprint density at radius 3 is 2.65 bits per heavy atom. The van der Waals surface area contributed by atoms with E-state index in [0.717, 1.165) is 36.4 Å². The summed E-state index contributed by atoms with van der Waals surface area (Å²) in [6, 6.07) is 18.0. The van der Waals surface area contributed by atoms with Gasteiger partial charge in [0, 0.05) is 18.7 Å². The van der Waals surface area contributed by atoms with Gasteiger partial charge in [0.2, 0.25) is 0 Å². The molecule has 3 nitrogen and oxygen atoms in total. The first kappa shape index (κ1) is 15.6. The summed E-state index contributed by atoms with van der Waals surface area (Å²) in [4.78, 5) is 14.3. The van der Waals surface area contributed by atoms with Gasteiger partial charge in [0.1, 0.15) is 5.75 Å². The fourth-order valence-electron chi connectivity index (χ4n) is 3.10. The quantitative estimate of drug-likeness (QED) is 0.854. The van der Waals surface area contributed by atoms with Gasteiger partial charge in [0.25, 0.3) is 5.91 Å². The molecule has 0 aliphatic carbocycles. The molecular weight excluding hydrogens is 286 g/mol. The van der Waals surface area contributed by atoms with E-state index in [1.807, 2.05) is 47.4 Å². The van der Waals surface area contributed by atoms with E-state index >= 15 is 0 Å².